The van der Waals surface area contributed by atoms with E-state index in [2.05, 4.69) is 0 Å². The zero-order valence-electron chi connectivity index (χ0n) is 17.4. The quantitative estimate of drug-likeness (QED) is 0.662. The number of thiophene rings is 1. The highest BCUT2D eigenvalue weighted by Crippen LogP contribution is 2.21. The molecule has 2 saturated heterocycles. The molecular formula is C22H27N3O4S2. The van der Waals surface area contributed by atoms with Gasteiger partial charge in [-0.15, -0.1) is 11.3 Å². The fraction of sp³-hybridized carbons (Fsp3) is 0.455. The van der Waals surface area contributed by atoms with Gasteiger partial charge in [0, 0.05) is 45.7 Å². The van der Waals surface area contributed by atoms with Crippen LogP contribution in [-0.2, 0) is 21.2 Å². The van der Waals surface area contributed by atoms with Crippen LogP contribution < -0.4 is 0 Å². The number of rotatable bonds is 6. The lowest BCUT2D eigenvalue weighted by Crippen LogP contribution is -2.50. The van der Waals surface area contributed by atoms with E-state index < -0.39 is 10.0 Å². The highest BCUT2D eigenvalue weighted by atomic mass is 32.2. The molecule has 2 amide bonds. The van der Waals surface area contributed by atoms with Crippen molar-refractivity contribution in [1.29, 1.82) is 0 Å². The highest BCUT2D eigenvalue weighted by molar-refractivity contribution is 7.89. The highest BCUT2D eigenvalue weighted by Gasteiger charge is 2.27. The summed E-state index contributed by atoms with van der Waals surface area (Å²) in [6.45, 7) is 3.36. The Morgan fingerprint density at radius 3 is 2.13 bits per heavy atom. The predicted octanol–water partition coefficient (Wildman–Crippen LogP) is 2.45. The van der Waals surface area contributed by atoms with Gasteiger partial charge in [-0.2, -0.15) is 4.31 Å². The van der Waals surface area contributed by atoms with Crippen molar-refractivity contribution in [3.05, 3.63) is 52.2 Å². The zero-order chi connectivity index (χ0) is 21.8. The molecule has 2 aromatic rings. The summed E-state index contributed by atoms with van der Waals surface area (Å²) >= 11 is 1.43. The lowest BCUT2D eigenvalue weighted by Gasteiger charge is -2.34. The van der Waals surface area contributed by atoms with Gasteiger partial charge in [0.15, 0.2) is 0 Å². The Morgan fingerprint density at radius 1 is 0.871 bits per heavy atom. The predicted molar refractivity (Wildman–Crippen MR) is 120 cm³/mol. The van der Waals surface area contributed by atoms with Crippen molar-refractivity contribution >= 4 is 33.2 Å². The molecule has 7 nitrogen and oxygen atoms in total. The first kappa shape index (κ1) is 22.0. The van der Waals surface area contributed by atoms with Gasteiger partial charge in [-0.25, -0.2) is 8.42 Å². The molecule has 0 N–H and O–H groups in total. The Morgan fingerprint density at radius 2 is 1.52 bits per heavy atom. The number of sulfonamides is 1. The van der Waals surface area contributed by atoms with Crippen LogP contribution in [0.25, 0.3) is 0 Å². The maximum Gasteiger partial charge on any atom is 0.264 e. The molecule has 0 radical (unpaired) electrons. The fourth-order valence-electron chi connectivity index (χ4n) is 4.03. The number of hydrogen-bond donors (Lipinski definition) is 0. The average molecular weight is 462 g/mol. The molecule has 2 aliphatic rings. The number of benzene rings is 1. The first-order valence-corrected chi connectivity index (χ1v) is 13.0. The standard InChI is InChI=1S/C22H27N3O4S2/c26-21(23-13-15-24(16-14-23)22(27)20-4-3-17-30-20)10-7-18-5-8-19(9-6-18)31(28,29)25-11-1-2-12-25/h3-6,8-9,17H,1-2,7,10-16H2. The minimum absolute atomic E-state index is 0.0334. The molecule has 9 heteroatoms. The third-order valence-corrected chi connectivity index (χ3v) is 8.68. The van der Waals surface area contributed by atoms with Crippen LogP contribution in [0.4, 0.5) is 0 Å². The van der Waals surface area contributed by atoms with Gasteiger partial charge in [-0.3, -0.25) is 9.59 Å². The second-order valence-corrected chi connectivity index (χ2v) is 10.8. The maximum atomic E-state index is 12.6. The van der Waals surface area contributed by atoms with E-state index in [0.717, 1.165) is 23.3 Å². The molecule has 166 valence electrons. The topological polar surface area (TPSA) is 78.0 Å². The molecule has 0 atom stereocenters. The molecule has 0 unspecified atom stereocenters. The van der Waals surface area contributed by atoms with Gasteiger partial charge in [0.05, 0.1) is 9.77 Å². The van der Waals surface area contributed by atoms with Crippen LogP contribution in [0.2, 0.25) is 0 Å². The number of carbonyl (C=O) groups is 2. The Kier molecular flexibility index (Phi) is 6.74. The molecule has 31 heavy (non-hydrogen) atoms. The number of piperazine rings is 1. The third-order valence-electron chi connectivity index (χ3n) is 5.91. The lowest BCUT2D eigenvalue weighted by atomic mass is 10.1. The summed E-state index contributed by atoms with van der Waals surface area (Å²) in [6.07, 6.45) is 2.76. The molecule has 2 fully saturated rings. The number of hydrogen-bond acceptors (Lipinski definition) is 5. The summed E-state index contributed by atoms with van der Waals surface area (Å²) in [6, 6.07) is 10.6. The Hall–Kier alpha value is -2.23. The molecular weight excluding hydrogens is 434 g/mol. The van der Waals surface area contributed by atoms with Crippen LogP contribution in [0.3, 0.4) is 0 Å². The molecule has 0 bridgehead atoms. The monoisotopic (exact) mass is 461 g/mol. The van der Waals surface area contributed by atoms with Crippen LogP contribution >= 0.6 is 11.3 Å². The second kappa shape index (κ2) is 9.50. The van der Waals surface area contributed by atoms with Gasteiger partial charge in [0.1, 0.15) is 0 Å². The van der Waals surface area contributed by atoms with Crippen LogP contribution in [0.1, 0.15) is 34.5 Å². The van der Waals surface area contributed by atoms with Crippen molar-refractivity contribution in [2.24, 2.45) is 0 Å². The third kappa shape index (κ3) is 4.99. The average Bonchev–Trinajstić information content (AvgIpc) is 3.52. The van der Waals surface area contributed by atoms with E-state index in [9.17, 15) is 18.0 Å². The maximum absolute atomic E-state index is 12.6. The zero-order valence-corrected chi connectivity index (χ0v) is 19.0. The fourth-order valence-corrected chi connectivity index (χ4v) is 6.24. The molecule has 0 spiro atoms. The summed E-state index contributed by atoms with van der Waals surface area (Å²) in [7, 11) is -3.41. The van der Waals surface area contributed by atoms with Gasteiger partial charge in [-0.1, -0.05) is 18.2 Å². The van der Waals surface area contributed by atoms with Crippen LogP contribution in [0.5, 0.6) is 0 Å². The molecule has 1 aromatic heterocycles. The van der Waals surface area contributed by atoms with Gasteiger partial charge < -0.3 is 9.80 Å². The smallest absolute Gasteiger partial charge is 0.264 e. The molecule has 4 rings (SSSR count). The summed E-state index contributed by atoms with van der Waals surface area (Å²) < 4.78 is 26.7. The van der Waals surface area contributed by atoms with Crippen molar-refractivity contribution in [3.63, 3.8) is 0 Å². The summed E-state index contributed by atoms with van der Waals surface area (Å²) in [4.78, 5) is 29.7. The SMILES string of the molecule is O=C(CCc1ccc(S(=O)(=O)N2CCCC2)cc1)N1CCN(C(=O)c2cccs2)CC1. The summed E-state index contributed by atoms with van der Waals surface area (Å²) in [5.74, 6) is 0.100. The van der Waals surface area contributed by atoms with E-state index in [4.69, 9.17) is 0 Å². The molecule has 0 aliphatic carbocycles. The van der Waals surface area contributed by atoms with Crippen molar-refractivity contribution in [2.45, 2.75) is 30.6 Å². The lowest BCUT2D eigenvalue weighted by molar-refractivity contribution is -0.132. The Labute approximate surface area is 187 Å². The van der Waals surface area contributed by atoms with Gasteiger partial charge >= 0.3 is 0 Å². The van der Waals surface area contributed by atoms with Crippen LogP contribution in [0, 0.1) is 0 Å². The second-order valence-electron chi connectivity index (χ2n) is 7.91. The number of aryl methyl sites for hydroxylation is 1. The minimum atomic E-state index is -3.41. The van der Waals surface area contributed by atoms with E-state index in [0.29, 0.717) is 57.0 Å². The van der Waals surface area contributed by atoms with Gasteiger partial charge in [0.25, 0.3) is 5.91 Å². The largest absolute Gasteiger partial charge is 0.339 e. The molecule has 3 heterocycles. The number of carbonyl (C=O) groups excluding carboxylic acids is 2. The van der Waals surface area contributed by atoms with E-state index in [1.54, 1.807) is 29.2 Å². The van der Waals surface area contributed by atoms with E-state index >= 15 is 0 Å². The number of nitrogens with zero attached hydrogens (tertiary/aromatic N) is 3. The van der Waals surface area contributed by atoms with E-state index in [1.807, 2.05) is 22.4 Å². The van der Waals surface area contributed by atoms with Crippen molar-refractivity contribution in [2.75, 3.05) is 39.3 Å². The minimum Gasteiger partial charge on any atom is -0.339 e. The Balaban J connectivity index is 1.26. The Bertz CT molecular complexity index is 1010. The van der Waals surface area contributed by atoms with Gasteiger partial charge in [-0.05, 0) is 48.4 Å². The summed E-state index contributed by atoms with van der Waals surface area (Å²) in [5, 5.41) is 1.89. The molecule has 2 aliphatic heterocycles. The van der Waals surface area contributed by atoms with Crippen LogP contribution in [0.15, 0.2) is 46.7 Å². The van der Waals surface area contributed by atoms with Gasteiger partial charge in [0.2, 0.25) is 15.9 Å². The van der Waals surface area contributed by atoms with Crippen LogP contribution in [-0.4, -0.2) is 73.6 Å². The first-order chi connectivity index (χ1) is 14.9. The van der Waals surface area contributed by atoms with E-state index in [-0.39, 0.29) is 11.8 Å². The normalized spacial score (nSPS) is 17.8. The first-order valence-electron chi connectivity index (χ1n) is 10.6. The summed E-state index contributed by atoms with van der Waals surface area (Å²) in [5.41, 5.74) is 0.945. The van der Waals surface area contributed by atoms with Crippen molar-refractivity contribution < 1.29 is 18.0 Å². The van der Waals surface area contributed by atoms with Crippen molar-refractivity contribution in [1.82, 2.24) is 14.1 Å². The molecule has 0 saturated carbocycles. The van der Waals surface area contributed by atoms with Crippen molar-refractivity contribution in [3.8, 4) is 0 Å². The molecule has 1 aromatic carbocycles. The number of amides is 2. The van der Waals surface area contributed by atoms with E-state index in [1.165, 1.54) is 15.6 Å².